The van der Waals surface area contributed by atoms with Crippen molar-refractivity contribution >= 4 is 45.1 Å². The van der Waals surface area contributed by atoms with Gasteiger partial charge in [0.05, 0.1) is 0 Å². The van der Waals surface area contributed by atoms with Crippen molar-refractivity contribution in [2.75, 3.05) is 0 Å². The largest absolute Gasteiger partial charge is 4.00 e. The van der Waals surface area contributed by atoms with Crippen molar-refractivity contribution in [3.63, 3.8) is 0 Å². The summed E-state index contributed by atoms with van der Waals surface area (Å²) in [5.41, 5.74) is 9.16. The Hall–Kier alpha value is -0.419. The number of nitrogens with one attached hydrogen (secondary N) is 2. The molecule has 3 rings (SSSR count). The minimum Gasteiger partial charge on any atom is -0.673 e. The Morgan fingerprint density at radius 1 is 0.963 bits per heavy atom. The van der Waals surface area contributed by atoms with Crippen LogP contribution in [-0.2, 0) is 21.7 Å². The van der Waals surface area contributed by atoms with Crippen LogP contribution in [0, 0.1) is 14.9 Å². The van der Waals surface area contributed by atoms with Gasteiger partial charge in [0.15, 0.2) is 0 Å². The molecule has 27 heavy (non-hydrogen) atoms. The van der Waals surface area contributed by atoms with Crippen LogP contribution < -0.4 is 0 Å². The van der Waals surface area contributed by atoms with Crippen LogP contribution >= 0.6 is 24.8 Å². The van der Waals surface area contributed by atoms with Crippen LogP contribution in [0.2, 0.25) is 13.1 Å². The fraction of sp³-hybridized carbons (Fsp3) is 0.286. The fourth-order valence-corrected chi connectivity index (χ4v) is 1.88. The van der Waals surface area contributed by atoms with Crippen molar-refractivity contribution in [2.45, 2.75) is 39.4 Å². The summed E-state index contributed by atoms with van der Waals surface area (Å²) in [5.74, 6) is 0. The summed E-state index contributed by atoms with van der Waals surface area (Å²) < 4.78 is 0. The van der Waals surface area contributed by atoms with Crippen molar-refractivity contribution in [3.05, 3.63) is 75.3 Å². The topological polar surface area (TPSA) is 39.6 Å². The van der Waals surface area contributed by atoms with Gasteiger partial charge in [-0.25, -0.2) is 0 Å². The molecule has 150 valence electrons. The maximum absolute atomic E-state index is 6.94. The Kier molecular flexibility index (Phi) is 26.2. The Morgan fingerprint density at radius 2 is 1.44 bits per heavy atom. The molecular weight excluding hydrogens is 427 g/mol. The van der Waals surface area contributed by atoms with E-state index in [0.29, 0.717) is 0 Å². The molecular formula is C21H34Cl2N2SiTi. The number of halogens is 2. The van der Waals surface area contributed by atoms with E-state index in [-0.39, 0.29) is 66.9 Å². The first kappa shape index (κ1) is 37.3. The SMILES string of the molecule is CC(C)(C)[NH-].C[Si]C.Cl.Cl.[CH3-].[CH3-].[Ti+4].c1c[nH]c(-c2c[cH-]c3ccccc23)c1. The maximum atomic E-state index is 6.94. The molecule has 2 aromatic carbocycles. The second kappa shape index (κ2) is 18.9. The molecule has 0 bridgehead atoms. The minimum atomic E-state index is -0.250. The zero-order valence-electron chi connectivity index (χ0n) is 17.5. The van der Waals surface area contributed by atoms with Gasteiger partial charge in [-0.1, -0.05) is 39.9 Å². The zero-order valence-corrected chi connectivity index (χ0v) is 21.7. The normalized spacial score (nSPS) is 8.52. The molecule has 0 unspecified atom stereocenters. The third kappa shape index (κ3) is 15.2. The smallest absolute Gasteiger partial charge is 0.673 e. The monoisotopic (exact) mass is 460 g/mol. The molecule has 0 amide bonds. The number of H-pyrrole nitrogens is 1. The van der Waals surface area contributed by atoms with Gasteiger partial charge >= 0.3 is 21.7 Å². The number of aromatic nitrogens is 1. The molecule has 0 atom stereocenters. The molecule has 0 spiro atoms. The Balaban J connectivity index is -0.000000110. The van der Waals surface area contributed by atoms with Crippen LogP contribution in [0.15, 0.2) is 54.7 Å². The van der Waals surface area contributed by atoms with Gasteiger partial charge in [0.25, 0.3) is 0 Å². The quantitative estimate of drug-likeness (QED) is 0.283. The average Bonchev–Trinajstić information content (AvgIpc) is 3.06. The number of hydrogen-bond donors (Lipinski definition) is 1. The maximum Gasteiger partial charge on any atom is 4.00 e. The van der Waals surface area contributed by atoms with Gasteiger partial charge in [0.2, 0.25) is 0 Å². The van der Waals surface area contributed by atoms with E-state index >= 15 is 0 Å². The summed E-state index contributed by atoms with van der Waals surface area (Å²) in [4.78, 5) is 3.23. The summed E-state index contributed by atoms with van der Waals surface area (Å²) in [5, 5.41) is 2.62. The van der Waals surface area contributed by atoms with Crippen molar-refractivity contribution < 1.29 is 21.7 Å². The predicted molar refractivity (Wildman–Crippen MR) is 128 cm³/mol. The minimum absolute atomic E-state index is 0. The van der Waals surface area contributed by atoms with E-state index in [9.17, 15) is 0 Å². The van der Waals surface area contributed by atoms with Gasteiger partial charge in [-0.3, -0.25) is 0 Å². The van der Waals surface area contributed by atoms with Crippen molar-refractivity contribution in [2.24, 2.45) is 0 Å². The Labute approximate surface area is 197 Å². The second-order valence-corrected chi connectivity index (χ2v) is 7.17. The first-order valence-electron chi connectivity index (χ1n) is 7.48. The summed E-state index contributed by atoms with van der Waals surface area (Å²) in [6, 6.07) is 16.9. The second-order valence-electron chi connectivity index (χ2n) is 6.17. The molecule has 0 fully saturated rings. The molecule has 2 radical (unpaired) electrons. The van der Waals surface area contributed by atoms with Crippen molar-refractivity contribution in [1.29, 1.82) is 0 Å². The number of hydrogen-bond acceptors (Lipinski definition) is 0. The number of rotatable bonds is 1. The first-order chi connectivity index (χ1) is 10.4. The average molecular weight is 461 g/mol. The number of fused-ring (bicyclic) bond motifs is 1. The van der Waals surface area contributed by atoms with E-state index in [1.165, 1.54) is 22.0 Å². The van der Waals surface area contributed by atoms with E-state index in [1.54, 1.807) is 0 Å². The van der Waals surface area contributed by atoms with E-state index in [0.717, 1.165) is 9.52 Å². The van der Waals surface area contributed by atoms with Gasteiger partial charge in [-0.15, -0.1) is 77.0 Å². The molecule has 6 heteroatoms. The van der Waals surface area contributed by atoms with Crippen LogP contribution in [0.25, 0.3) is 27.8 Å². The van der Waals surface area contributed by atoms with E-state index < -0.39 is 0 Å². The molecule has 0 aliphatic rings. The van der Waals surface area contributed by atoms with E-state index in [2.05, 4.69) is 60.5 Å². The van der Waals surface area contributed by atoms with Gasteiger partial charge in [-0.05, 0) is 17.8 Å². The first-order valence-corrected chi connectivity index (χ1v) is 9.48. The molecule has 0 aliphatic heterocycles. The van der Waals surface area contributed by atoms with Crippen LogP contribution in [0.5, 0.6) is 0 Å². The molecule has 0 aliphatic carbocycles. The summed E-state index contributed by atoms with van der Waals surface area (Å²) >= 11 is 0. The summed E-state index contributed by atoms with van der Waals surface area (Å²) in [6.45, 7) is 9.87. The third-order valence-electron chi connectivity index (χ3n) is 2.57. The molecule has 2 N–H and O–H groups in total. The van der Waals surface area contributed by atoms with Gasteiger partial charge in [0.1, 0.15) is 0 Å². The summed E-state index contributed by atoms with van der Waals surface area (Å²) in [7, 11) is 1.08. The van der Waals surface area contributed by atoms with Crippen LogP contribution in [0.4, 0.5) is 0 Å². The molecule has 1 aromatic heterocycles. The molecule has 0 saturated carbocycles. The number of benzene rings is 1. The van der Waals surface area contributed by atoms with Gasteiger partial charge < -0.3 is 25.6 Å². The Morgan fingerprint density at radius 3 is 1.89 bits per heavy atom. The fourth-order valence-electron chi connectivity index (χ4n) is 1.88. The zero-order chi connectivity index (χ0) is 16.6. The third-order valence-corrected chi connectivity index (χ3v) is 2.57. The van der Waals surface area contributed by atoms with Crippen LogP contribution in [0.3, 0.4) is 0 Å². The molecule has 0 saturated heterocycles. The van der Waals surface area contributed by atoms with Crippen LogP contribution in [-0.4, -0.2) is 20.0 Å². The van der Waals surface area contributed by atoms with Gasteiger partial charge in [-0.2, -0.15) is 0 Å². The van der Waals surface area contributed by atoms with Crippen molar-refractivity contribution in [1.82, 2.24) is 4.98 Å². The molecule has 2 nitrogen and oxygen atoms in total. The molecule has 3 aromatic rings. The predicted octanol–water partition coefficient (Wildman–Crippen LogP) is 7.92. The number of aromatic amines is 1. The standard InChI is InChI=1S/C13H10N.C4H10N.C2H6Si.2CH3.2ClH.Ti/c1-2-5-11-10(4-1)7-8-12(11)13-6-3-9-14-13;1-4(2,3)5;1-3-2;;;;;/h1-9,14H;5H,1-3H3;1-2H3;2*1H3;2*1H;/q2*-1;;2*-1;;;+4. The van der Waals surface area contributed by atoms with Crippen molar-refractivity contribution in [3.8, 4) is 11.3 Å². The molecule has 1 heterocycles. The van der Waals surface area contributed by atoms with E-state index in [4.69, 9.17) is 5.73 Å². The Bertz CT molecular complexity index is 656. The van der Waals surface area contributed by atoms with E-state index in [1.807, 2.05) is 33.0 Å². The van der Waals surface area contributed by atoms with Crippen LogP contribution in [0.1, 0.15) is 20.8 Å². The van der Waals surface area contributed by atoms with Gasteiger partial charge in [0, 0.05) is 15.7 Å². The summed E-state index contributed by atoms with van der Waals surface area (Å²) in [6.07, 6.45) is 1.96.